The van der Waals surface area contributed by atoms with E-state index in [4.69, 9.17) is 9.47 Å². The molecule has 0 aliphatic carbocycles. The average molecular weight is 496 g/mol. The van der Waals surface area contributed by atoms with E-state index < -0.39 is 17.6 Å². The number of pyridine rings is 1. The lowest BCUT2D eigenvalue weighted by atomic mass is 10.1. The molecule has 0 radical (unpaired) electrons. The number of nitrogens with zero attached hydrogens (tertiary/aromatic N) is 3. The number of methoxy groups -OCH3 is 1. The summed E-state index contributed by atoms with van der Waals surface area (Å²) in [7, 11) is 1.36. The van der Waals surface area contributed by atoms with E-state index in [0.29, 0.717) is 12.4 Å². The third kappa shape index (κ3) is 5.83. The molecule has 0 saturated carbocycles. The molecule has 0 bridgehead atoms. The molecular weight excluding hydrogens is 473 g/mol. The molecule has 1 amide bonds. The Morgan fingerprint density at radius 3 is 2.56 bits per heavy atom. The monoisotopic (exact) mass is 496 g/mol. The molecule has 2 heterocycles. The number of carbonyl (C=O) groups is 1. The molecule has 0 fully saturated rings. The highest BCUT2D eigenvalue weighted by molar-refractivity contribution is 5.95. The van der Waals surface area contributed by atoms with E-state index in [0.717, 1.165) is 23.3 Å². The van der Waals surface area contributed by atoms with Gasteiger partial charge in [-0.3, -0.25) is 9.78 Å². The Kier molecular flexibility index (Phi) is 7.23. The van der Waals surface area contributed by atoms with Crippen LogP contribution in [0.4, 0.5) is 13.2 Å². The van der Waals surface area contributed by atoms with Gasteiger partial charge in [0.2, 0.25) is 0 Å². The molecule has 7 nitrogen and oxygen atoms in total. The van der Waals surface area contributed by atoms with Gasteiger partial charge in [0.25, 0.3) is 5.91 Å². The van der Waals surface area contributed by atoms with Gasteiger partial charge in [-0.05, 0) is 48.9 Å². The first-order valence-corrected chi connectivity index (χ1v) is 11.0. The summed E-state index contributed by atoms with van der Waals surface area (Å²) in [6.45, 7) is 2.19. The zero-order valence-corrected chi connectivity index (χ0v) is 19.5. The minimum atomic E-state index is -4.50. The van der Waals surface area contributed by atoms with Crippen LogP contribution in [0.15, 0.2) is 79.3 Å². The zero-order valence-electron chi connectivity index (χ0n) is 19.5. The van der Waals surface area contributed by atoms with Crippen molar-refractivity contribution in [3.8, 4) is 17.2 Å². The zero-order chi connectivity index (χ0) is 25.7. The highest BCUT2D eigenvalue weighted by atomic mass is 19.4. The minimum Gasteiger partial charge on any atom is -0.493 e. The summed E-state index contributed by atoms with van der Waals surface area (Å²) in [5.41, 5.74) is 1.06. The molecule has 4 rings (SSSR count). The number of benzene rings is 2. The van der Waals surface area contributed by atoms with E-state index in [1.54, 1.807) is 31.5 Å². The van der Waals surface area contributed by atoms with Gasteiger partial charge in [-0.2, -0.15) is 18.3 Å². The van der Waals surface area contributed by atoms with Crippen molar-refractivity contribution < 1.29 is 27.4 Å². The molecule has 10 heteroatoms. The molecule has 0 saturated heterocycles. The standard InChI is InChI=1S/C26H23F3N4O3/c1-17(19-8-10-22(11-9-19)36-16-18-5-4-12-30-14-18)31-25(34)24-23(35-2)15-33(32-24)21-7-3-6-20(13-21)26(27,28)29/h3-15,17H,16H2,1-2H3,(H,31,34). The van der Waals surface area contributed by atoms with Gasteiger partial charge in [-0.25, -0.2) is 4.68 Å². The SMILES string of the molecule is COc1cn(-c2cccc(C(F)(F)F)c2)nc1C(=O)NC(C)c1ccc(OCc2cccnc2)cc1. The third-order valence-corrected chi connectivity index (χ3v) is 5.41. The van der Waals surface area contributed by atoms with Crippen LogP contribution < -0.4 is 14.8 Å². The van der Waals surface area contributed by atoms with Crippen molar-refractivity contribution in [2.45, 2.75) is 25.7 Å². The lowest BCUT2D eigenvalue weighted by Gasteiger charge is -2.15. The molecule has 0 aliphatic heterocycles. The number of amides is 1. The van der Waals surface area contributed by atoms with Gasteiger partial charge in [-0.1, -0.05) is 24.3 Å². The molecule has 1 atom stereocenters. The van der Waals surface area contributed by atoms with Crippen LogP contribution in [0.1, 0.15) is 40.1 Å². The first kappa shape index (κ1) is 24.8. The van der Waals surface area contributed by atoms with Gasteiger partial charge in [-0.15, -0.1) is 0 Å². The van der Waals surface area contributed by atoms with Gasteiger partial charge < -0.3 is 14.8 Å². The Morgan fingerprint density at radius 1 is 1.11 bits per heavy atom. The van der Waals surface area contributed by atoms with Gasteiger partial charge >= 0.3 is 6.18 Å². The largest absolute Gasteiger partial charge is 0.493 e. The number of halogens is 3. The summed E-state index contributed by atoms with van der Waals surface area (Å²) in [6.07, 6.45) is 0.291. The van der Waals surface area contributed by atoms with E-state index in [1.165, 1.54) is 30.1 Å². The topological polar surface area (TPSA) is 78.3 Å². The van der Waals surface area contributed by atoms with E-state index in [2.05, 4.69) is 15.4 Å². The molecule has 186 valence electrons. The Balaban J connectivity index is 1.44. The number of ether oxygens (including phenoxy) is 2. The molecule has 4 aromatic rings. The van der Waals surface area contributed by atoms with E-state index in [-0.39, 0.29) is 23.2 Å². The molecule has 1 N–H and O–H groups in total. The Labute approximate surface area is 205 Å². The number of rotatable bonds is 8. The molecule has 2 aromatic carbocycles. The quantitative estimate of drug-likeness (QED) is 0.355. The third-order valence-electron chi connectivity index (χ3n) is 5.41. The van der Waals surface area contributed by atoms with Gasteiger partial charge in [0.1, 0.15) is 12.4 Å². The molecule has 1 unspecified atom stereocenters. The van der Waals surface area contributed by atoms with Crippen LogP contribution >= 0.6 is 0 Å². The van der Waals surface area contributed by atoms with Crippen LogP contribution in [-0.2, 0) is 12.8 Å². The molecular formula is C26H23F3N4O3. The minimum absolute atomic E-state index is 0.0433. The number of aromatic nitrogens is 3. The Bertz CT molecular complexity index is 1320. The van der Waals surface area contributed by atoms with Crippen molar-refractivity contribution in [3.63, 3.8) is 0 Å². The number of nitrogens with one attached hydrogen (secondary N) is 1. The fraction of sp³-hybridized carbons (Fsp3) is 0.192. The van der Waals surface area contributed by atoms with Crippen molar-refractivity contribution in [2.24, 2.45) is 0 Å². The molecule has 2 aromatic heterocycles. The molecule has 0 spiro atoms. The van der Waals surface area contributed by atoms with Gasteiger partial charge in [0, 0.05) is 18.0 Å². The predicted octanol–water partition coefficient (Wildman–Crippen LogP) is 5.36. The first-order chi connectivity index (χ1) is 17.2. The number of carbonyl (C=O) groups excluding carboxylic acids is 1. The second-order valence-electron chi connectivity index (χ2n) is 7.95. The maximum Gasteiger partial charge on any atom is 0.416 e. The van der Waals surface area contributed by atoms with E-state index in [1.807, 2.05) is 24.3 Å². The smallest absolute Gasteiger partial charge is 0.416 e. The van der Waals surface area contributed by atoms with Crippen molar-refractivity contribution in [1.82, 2.24) is 20.1 Å². The maximum atomic E-state index is 13.1. The lowest BCUT2D eigenvalue weighted by molar-refractivity contribution is -0.137. The predicted molar refractivity (Wildman–Crippen MR) is 126 cm³/mol. The van der Waals surface area contributed by atoms with Crippen molar-refractivity contribution in [2.75, 3.05) is 7.11 Å². The lowest BCUT2D eigenvalue weighted by Crippen LogP contribution is -2.27. The summed E-state index contributed by atoms with van der Waals surface area (Å²) in [6, 6.07) is 15.3. The number of hydrogen-bond acceptors (Lipinski definition) is 5. The number of hydrogen-bond donors (Lipinski definition) is 1. The van der Waals surface area contributed by atoms with Crippen molar-refractivity contribution in [1.29, 1.82) is 0 Å². The van der Waals surface area contributed by atoms with E-state index >= 15 is 0 Å². The molecule has 0 aliphatic rings. The summed E-state index contributed by atoms with van der Waals surface area (Å²) >= 11 is 0. The highest BCUT2D eigenvalue weighted by Crippen LogP contribution is 2.31. The maximum absolute atomic E-state index is 13.1. The van der Waals surface area contributed by atoms with Crippen LogP contribution in [0.5, 0.6) is 11.5 Å². The fourth-order valence-electron chi connectivity index (χ4n) is 3.47. The van der Waals surface area contributed by atoms with Crippen LogP contribution in [0.3, 0.4) is 0 Å². The van der Waals surface area contributed by atoms with Gasteiger partial charge in [0.15, 0.2) is 11.4 Å². The van der Waals surface area contributed by atoms with Crippen molar-refractivity contribution >= 4 is 5.91 Å². The van der Waals surface area contributed by atoms with E-state index in [9.17, 15) is 18.0 Å². The van der Waals surface area contributed by atoms with Crippen molar-refractivity contribution in [3.05, 3.63) is 102 Å². The number of alkyl halides is 3. The second kappa shape index (κ2) is 10.5. The Hall–Kier alpha value is -4.34. The van der Waals surface area contributed by atoms with Crippen LogP contribution in [0, 0.1) is 0 Å². The average Bonchev–Trinajstić information content (AvgIpc) is 3.33. The fourth-order valence-corrected chi connectivity index (χ4v) is 3.47. The molecule has 36 heavy (non-hydrogen) atoms. The summed E-state index contributed by atoms with van der Waals surface area (Å²) in [5.74, 6) is 0.279. The van der Waals surface area contributed by atoms with Crippen LogP contribution in [0.25, 0.3) is 5.69 Å². The van der Waals surface area contributed by atoms with Crippen LogP contribution in [0.2, 0.25) is 0 Å². The second-order valence-corrected chi connectivity index (χ2v) is 7.95. The Morgan fingerprint density at radius 2 is 1.89 bits per heavy atom. The highest BCUT2D eigenvalue weighted by Gasteiger charge is 2.31. The first-order valence-electron chi connectivity index (χ1n) is 11.0. The van der Waals surface area contributed by atoms with Crippen LogP contribution in [-0.4, -0.2) is 27.8 Å². The summed E-state index contributed by atoms with van der Waals surface area (Å²) < 4.78 is 51.4. The van der Waals surface area contributed by atoms with Gasteiger partial charge in [0.05, 0.1) is 30.6 Å². The summed E-state index contributed by atoms with van der Waals surface area (Å²) in [4.78, 5) is 17.0. The summed E-state index contributed by atoms with van der Waals surface area (Å²) in [5, 5.41) is 7.02. The normalized spacial score (nSPS) is 12.1.